The number of halogens is 1. The van der Waals surface area contributed by atoms with Crippen LogP contribution in [0.2, 0.25) is 0 Å². The van der Waals surface area contributed by atoms with Gasteiger partial charge in [-0.3, -0.25) is 4.79 Å². The average molecular weight is 335 g/mol. The molecule has 0 aliphatic heterocycles. The highest BCUT2D eigenvalue weighted by molar-refractivity contribution is 5.88. The Hall–Kier alpha value is -1.58. The summed E-state index contributed by atoms with van der Waals surface area (Å²) in [5, 5.41) is 5.47. The molecule has 126 valence electrons. The third-order valence-electron chi connectivity index (χ3n) is 4.77. The topological polar surface area (TPSA) is 55.1 Å². The van der Waals surface area contributed by atoms with Gasteiger partial charge in [-0.05, 0) is 36.1 Å². The number of amides is 1. The fraction of sp³-hybridized carbons (Fsp3) is 0.421. The lowest BCUT2D eigenvalue weighted by Crippen LogP contribution is -2.55. The van der Waals surface area contributed by atoms with Gasteiger partial charge in [0.15, 0.2) is 0 Å². The highest BCUT2D eigenvalue weighted by atomic mass is 35.5. The maximum Gasteiger partial charge on any atom is 0.227 e. The number of carbonyl (C=O) groups is 1. The molecule has 0 heterocycles. The van der Waals surface area contributed by atoms with Gasteiger partial charge in [-0.25, -0.2) is 0 Å². The van der Waals surface area contributed by atoms with Crippen LogP contribution < -0.4 is 11.1 Å². The fourth-order valence-electron chi connectivity index (χ4n) is 2.45. The molecule has 0 saturated heterocycles. The molecule has 1 amide bonds. The van der Waals surface area contributed by atoms with Gasteiger partial charge in [-0.2, -0.15) is 0 Å². The molecule has 0 aliphatic rings. The number of hydrogen-bond donors (Lipinski definition) is 2. The van der Waals surface area contributed by atoms with Gasteiger partial charge in [0, 0.05) is 6.54 Å². The summed E-state index contributed by atoms with van der Waals surface area (Å²) in [6.07, 6.45) is 0. The zero-order chi connectivity index (χ0) is 16.3. The van der Waals surface area contributed by atoms with E-state index in [0.29, 0.717) is 6.54 Å². The summed E-state index contributed by atoms with van der Waals surface area (Å²) in [6.45, 7) is 8.53. The van der Waals surface area contributed by atoms with E-state index in [1.54, 1.807) is 0 Å². The van der Waals surface area contributed by atoms with Crippen molar-refractivity contribution in [3.05, 3.63) is 48.0 Å². The molecular formula is C19H27ClN2O. The normalized spacial score (nSPS) is 14.9. The van der Waals surface area contributed by atoms with E-state index >= 15 is 0 Å². The molecule has 0 radical (unpaired) electrons. The molecule has 2 aromatic rings. The largest absolute Gasteiger partial charge is 0.349 e. The molecule has 2 rings (SSSR count). The number of nitrogens with one attached hydrogen (secondary N) is 1. The van der Waals surface area contributed by atoms with Crippen molar-refractivity contribution in [3.8, 4) is 0 Å². The quantitative estimate of drug-likeness (QED) is 0.872. The number of benzene rings is 2. The average Bonchev–Trinajstić information content (AvgIpc) is 2.53. The van der Waals surface area contributed by atoms with Crippen LogP contribution in [0.1, 0.15) is 39.2 Å². The number of rotatable bonds is 5. The molecule has 0 aromatic heterocycles. The van der Waals surface area contributed by atoms with E-state index in [0.717, 1.165) is 10.9 Å². The Morgan fingerprint density at radius 1 is 1.13 bits per heavy atom. The fourth-order valence-corrected chi connectivity index (χ4v) is 2.45. The first-order chi connectivity index (χ1) is 10.4. The summed E-state index contributed by atoms with van der Waals surface area (Å²) in [5.41, 5.74) is 6.51. The van der Waals surface area contributed by atoms with Crippen molar-refractivity contribution >= 4 is 29.1 Å². The van der Waals surface area contributed by atoms with Gasteiger partial charge in [0.1, 0.15) is 0 Å². The Labute approximate surface area is 145 Å². The standard InChI is InChI=1S/C19H26N2O.ClH/c1-13(2)19(4,12-20)21-18(22)14(3)16-10-9-15-7-5-6-8-17(15)11-16;/h5-11,13-14H,12,20H2,1-4H3,(H,21,22);1H. The zero-order valence-corrected chi connectivity index (χ0v) is 15.1. The summed E-state index contributed by atoms with van der Waals surface area (Å²) in [5.74, 6) is 0.108. The van der Waals surface area contributed by atoms with Crippen LogP contribution in [-0.2, 0) is 4.79 Å². The lowest BCUT2D eigenvalue weighted by atomic mass is 9.87. The van der Waals surface area contributed by atoms with Crippen LogP contribution in [0.15, 0.2) is 42.5 Å². The molecule has 0 aliphatic carbocycles. The second-order valence-electron chi connectivity index (χ2n) is 6.59. The minimum atomic E-state index is -0.373. The van der Waals surface area contributed by atoms with Gasteiger partial charge in [0.25, 0.3) is 0 Å². The smallest absolute Gasteiger partial charge is 0.227 e. The van der Waals surface area contributed by atoms with E-state index in [4.69, 9.17) is 5.73 Å². The van der Waals surface area contributed by atoms with Crippen molar-refractivity contribution in [1.82, 2.24) is 5.32 Å². The summed E-state index contributed by atoms with van der Waals surface area (Å²) in [4.78, 5) is 12.6. The number of nitrogens with two attached hydrogens (primary N) is 1. The maximum atomic E-state index is 12.6. The second-order valence-corrected chi connectivity index (χ2v) is 6.59. The van der Waals surface area contributed by atoms with Crippen LogP contribution in [0, 0.1) is 5.92 Å². The molecule has 0 bridgehead atoms. The van der Waals surface area contributed by atoms with E-state index < -0.39 is 0 Å². The minimum absolute atomic E-state index is 0. The summed E-state index contributed by atoms with van der Waals surface area (Å²) >= 11 is 0. The highest BCUT2D eigenvalue weighted by Crippen LogP contribution is 2.23. The SMILES string of the molecule is CC(C(=O)NC(C)(CN)C(C)C)c1ccc2ccccc2c1.Cl. The third kappa shape index (κ3) is 4.24. The van der Waals surface area contributed by atoms with Crippen molar-refractivity contribution in [1.29, 1.82) is 0 Å². The number of fused-ring (bicyclic) bond motifs is 1. The molecule has 2 unspecified atom stereocenters. The number of hydrogen-bond acceptors (Lipinski definition) is 2. The monoisotopic (exact) mass is 334 g/mol. The van der Waals surface area contributed by atoms with Gasteiger partial charge in [0.05, 0.1) is 11.5 Å². The zero-order valence-electron chi connectivity index (χ0n) is 14.3. The Morgan fingerprint density at radius 3 is 2.30 bits per heavy atom. The lowest BCUT2D eigenvalue weighted by molar-refractivity contribution is -0.124. The molecule has 4 heteroatoms. The van der Waals surface area contributed by atoms with Gasteiger partial charge >= 0.3 is 0 Å². The molecular weight excluding hydrogens is 308 g/mol. The van der Waals surface area contributed by atoms with Gasteiger partial charge in [-0.1, -0.05) is 56.3 Å². The Bertz CT molecular complexity index is 671. The van der Waals surface area contributed by atoms with Crippen molar-refractivity contribution < 1.29 is 4.79 Å². The number of carbonyl (C=O) groups excluding carboxylic acids is 1. The van der Waals surface area contributed by atoms with Gasteiger partial charge in [0.2, 0.25) is 5.91 Å². The van der Waals surface area contributed by atoms with Crippen LogP contribution >= 0.6 is 12.4 Å². The van der Waals surface area contributed by atoms with E-state index in [9.17, 15) is 4.79 Å². The molecule has 0 spiro atoms. The highest BCUT2D eigenvalue weighted by Gasteiger charge is 2.30. The van der Waals surface area contributed by atoms with E-state index in [1.807, 2.05) is 32.0 Å². The molecule has 3 N–H and O–H groups in total. The summed E-state index contributed by atoms with van der Waals surface area (Å²) < 4.78 is 0. The first-order valence-corrected chi connectivity index (χ1v) is 7.88. The van der Waals surface area contributed by atoms with Crippen LogP contribution in [0.4, 0.5) is 0 Å². The minimum Gasteiger partial charge on any atom is -0.349 e. The van der Waals surface area contributed by atoms with Crippen LogP contribution in [0.5, 0.6) is 0 Å². The first-order valence-electron chi connectivity index (χ1n) is 7.88. The molecule has 2 atom stereocenters. The Morgan fingerprint density at radius 2 is 1.74 bits per heavy atom. The molecule has 0 saturated carbocycles. The summed E-state index contributed by atoms with van der Waals surface area (Å²) in [6, 6.07) is 14.4. The first kappa shape index (κ1) is 19.5. The van der Waals surface area contributed by atoms with E-state index in [2.05, 4.69) is 43.4 Å². The van der Waals surface area contributed by atoms with Crippen molar-refractivity contribution in [3.63, 3.8) is 0 Å². The van der Waals surface area contributed by atoms with Crippen molar-refractivity contribution in [2.45, 2.75) is 39.2 Å². The molecule has 3 nitrogen and oxygen atoms in total. The Kier molecular flexibility index (Phi) is 6.60. The van der Waals surface area contributed by atoms with E-state index in [1.165, 1.54) is 5.39 Å². The third-order valence-corrected chi connectivity index (χ3v) is 4.77. The van der Waals surface area contributed by atoms with Crippen molar-refractivity contribution in [2.24, 2.45) is 11.7 Å². The predicted octanol–water partition coefficient (Wildman–Crippen LogP) is 3.85. The lowest BCUT2D eigenvalue weighted by Gasteiger charge is -2.34. The van der Waals surface area contributed by atoms with Crippen LogP contribution in [0.25, 0.3) is 10.8 Å². The maximum absolute atomic E-state index is 12.6. The van der Waals surface area contributed by atoms with Gasteiger partial charge in [-0.15, -0.1) is 12.4 Å². The van der Waals surface area contributed by atoms with Gasteiger partial charge < -0.3 is 11.1 Å². The van der Waals surface area contributed by atoms with E-state index in [-0.39, 0.29) is 35.7 Å². The summed E-state index contributed by atoms with van der Waals surface area (Å²) in [7, 11) is 0. The predicted molar refractivity (Wildman–Crippen MR) is 100 cm³/mol. The Balaban J connectivity index is 0.00000264. The molecule has 23 heavy (non-hydrogen) atoms. The van der Waals surface area contributed by atoms with Crippen LogP contribution in [0.3, 0.4) is 0 Å². The molecule has 0 fully saturated rings. The van der Waals surface area contributed by atoms with Crippen LogP contribution in [-0.4, -0.2) is 18.0 Å². The molecule has 2 aromatic carbocycles. The second kappa shape index (κ2) is 7.80. The van der Waals surface area contributed by atoms with Crippen molar-refractivity contribution in [2.75, 3.05) is 6.54 Å².